The third-order valence-corrected chi connectivity index (χ3v) is 4.72. The molecular formula is C16H28N2O3. The van der Waals surface area contributed by atoms with Crippen LogP contribution in [0.5, 0.6) is 0 Å². The van der Waals surface area contributed by atoms with Crippen molar-refractivity contribution in [2.75, 3.05) is 20.3 Å². The Kier molecular flexibility index (Phi) is 4.91. The molecule has 2 aliphatic heterocycles. The maximum absolute atomic E-state index is 13.0. The molecule has 5 nitrogen and oxygen atoms in total. The number of methoxy groups -OCH3 is 1. The van der Waals surface area contributed by atoms with E-state index in [-0.39, 0.29) is 41.8 Å². The number of ether oxygens (including phenoxy) is 1. The molecule has 2 heterocycles. The van der Waals surface area contributed by atoms with Crippen LogP contribution in [0.15, 0.2) is 0 Å². The summed E-state index contributed by atoms with van der Waals surface area (Å²) < 4.78 is 5.32. The van der Waals surface area contributed by atoms with E-state index in [1.54, 1.807) is 12.0 Å². The molecule has 5 heteroatoms. The van der Waals surface area contributed by atoms with Crippen molar-refractivity contribution in [3.8, 4) is 0 Å². The fraction of sp³-hybridized carbons (Fsp3) is 0.875. The fourth-order valence-electron chi connectivity index (χ4n) is 3.63. The second-order valence-corrected chi connectivity index (χ2v) is 6.89. The first-order valence-electron chi connectivity index (χ1n) is 8.01. The minimum atomic E-state index is -0.352. The zero-order chi connectivity index (χ0) is 15.7. The van der Waals surface area contributed by atoms with Crippen molar-refractivity contribution in [1.82, 2.24) is 9.80 Å². The van der Waals surface area contributed by atoms with Gasteiger partial charge >= 0.3 is 0 Å². The topological polar surface area (TPSA) is 49.9 Å². The highest BCUT2D eigenvalue weighted by Gasteiger charge is 2.51. The Labute approximate surface area is 127 Å². The van der Waals surface area contributed by atoms with Crippen LogP contribution in [0.3, 0.4) is 0 Å². The average Bonchev–Trinajstić information content (AvgIpc) is 2.89. The van der Waals surface area contributed by atoms with Gasteiger partial charge in [-0.3, -0.25) is 9.59 Å². The Bertz CT molecular complexity index is 408. The van der Waals surface area contributed by atoms with Crippen LogP contribution in [-0.4, -0.2) is 60.0 Å². The second-order valence-electron chi connectivity index (χ2n) is 6.89. The van der Waals surface area contributed by atoms with Crippen LogP contribution in [0.2, 0.25) is 0 Å². The second kappa shape index (κ2) is 6.34. The van der Waals surface area contributed by atoms with Gasteiger partial charge < -0.3 is 14.5 Å². The summed E-state index contributed by atoms with van der Waals surface area (Å²) in [6.45, 7) is 9.40. The summed E-state index contributed by atoms with van der Waals surface area (Å²) in [7, 11) is 1.65. The maximum atomic E-state index is 13.0. The molecule has 0 radical (unpaired) electrons. The van der Waals surface area contributed by atoms with Crippen molar-refractivity contribution in [3.63, 3.8) is 0 Å². The van der Waals surface area contributed by atoms with Crippen molar-refractivity contribution in [3.05, 3.63) is 0 Å². The number of rotatable bonds is 5. The molecule has 2 amide bonds. The molecule has 0 aromatic carbocycles. The van der Waals surface area contributed by atoms with Crippen LogP contribution in [-0.2, 0) is 14.3 Å². The molecule has 3 unspecified atom stereocenters. The van der Waals surface area contributed by atoms with Gasteiger partial charge in [-0.15, -0.1) is 0 Å². The minimum absolute atomic E-state index is 0.0402. The number of fused-ring (bicyclic) bond motifs is 1. The number of carbonyl (C=O) groups is 2. The van der Waals surface area contributed by atoms with Gasteiger partial charge in [0.25, 0.3) is 0 Å². The first-order chi connectivity index (χ1) is 9.90. The molecule has 2 aliphatic rings. The van der Waals surface area contributed by atoms with E-state index in [1.165, 1.54) is 0 Å². The predicted octanol–water partition coefficient (Wildman–Crippen LogP) is 1.52. The Hall–Kier alpha value is -1.10. The predicted molar refractivity (Wildman–Crippen MR) is 80.7 cm³/mol. The Balaban J connectivity index is 2.38. The van der Waals surface area contributed by atoms with Gasteiger partial charge in [0.1, 0.15) is 12.1 Å². The number of piperazine rings is 1. The van der Waals surface area contributed by atoms with Crippen molar-refractivity contribution in [2.45, 2.75) is 58.7 Å². The fourth-order valence-corrected chi connectivity index (χ4v) is 3.63. The zero-order valence-corrected chi connectivity index (χ0v) is 13.8. The Morgan fingerprint density at radius 1 is 1.19 bits per heavy atom. The van der Waals surface area contributed by atoms with Crippen LogP contribution in [0.1, 0.15) is 40.5 Å². The molecular weight excluding hydrogens is 268 g/mol. The van der Waals surface area contributed by atoms with Crippen LogP contribution >= 0.6 is 0 Å². The summed E-state index contributed by atoms with van der Waals surface area (Å²) in [5.74, 6) is 0.604. The van der Waals surface area contributed by atoms with E-state index in [1.807, 2.05) is 18.7 Å². The van der Waals surface area contributed by atoms with Crippen LogP contribution in [0, 0.1) is 11.8 Å². The van der Waals surface area contributed by atoms with Crippen LogP contribution in [0.25, 0.3) is 0 Å². The lowest BCUT2D eigenvalue weighted by Gasteiger charge is -2.48. The zero-order valence-electron chi connectivity index (χ0n) is 13.8. The van der Waals surface area contributed by atoms with Gasteiger partial charge in [0.05, 0.1) is 12.6 Å². The molecule has 2 fully saturated rings. The van der Waals surface area contributed by atoms with E-state index in [4.69, 9.17) is 4.74 Å². The van der Waals surface area contributed by atoms with Gasteiger partial charge in [-0.25, -0.2) is 0 Å². The molecule has 21 heavy (non-hydrogen) atoms. The van der Waals surface area contributed by atoms with Gasteiger partial charge in [0.15, 0.2) is 0 Å². The molecule has 0 bridgehead atoms. The lowest BCUT2D eigenvalue weighted by molar-refractivity contribution is -0.167. The van der Waals surface area contributed by atoms with Gasteiger partial charge in [-0.05, 0) is 24.7 Å². The van der Waals surface area contributed by atoms with Gasteiger partial charge in [-0.1, -0.05) is 27.7 Å². The lowest BCUT2D eigenvalue weighted by Crippen LogP contribution is -2.68. The smallest absolute Gasteiger partial charge is 0.246 e. The van der Waals surface area contributed by atoms with Crippen molar-refractivity contribution in [1.29, 1.82) is 0 Å². The van der Waals surface area contributed by atoms with E-state index in [0.29, 0.717) is 6.61 Å². The molecule has 0 saturated carbocycles. The van der Waals surface area contributed by atoms with Gasteiger partial charge in [0, 0.05) is 13.7 Å². The molecule has 2 rings (SSSR count). The van der Waals surface area contributed by atoms with Crippen LogP contribution < -0.4 is 0 Å². The average molecular weight is 296 g/mol. The van der Waals surface area contributed by atoms with Crippen LogP contribution in [0.4, 0.5) is 0 Å². The molecule has 0 spiro atoms. The summed E-state index contributed by atoms with van der Waals surface area (Å²) in [5, 5.41) is 0. The van der Waals surface area contributed by atoms with E-state index in [9.17, 15) is 9.59 Å². The quantitative estimate of drug-likeness (QED) is 0.773. The van der Waals surface area contributed by atoms with E-state index in [2.05, 4.69) is 13.8 Å². The largest absolute Gasteiger partial charge is 0.383 e. The molecule has 0 aliphatic carbocycles. The number of amides is 2. The number of carbonyl (C=O) groups excluding carboxylic acids is 2. The molecule has 0 N–H and O–H groups in total. The van der Waals surface area contributed by atoms with E-state index < -0.39 is 0 Å². The summed E-state index contributed by atoms with van der Waals surface area (Å²) in [6.07, 6.45) is 1.72. The SMILES string of the molecule is COCC(C(C)C)N1C(=O)C2CCCN2C(=O)C1C(C)C. The van der Waals surface area contributed by atoms with Crippen molar-refractivity contribution < 1.29 is 14.3 Å². The Morgan fingerprint density at radius 3 is 2.38 bits per heavy atom. The summed E-state index contributed by atoms with van der Waals surface area (Å²) in [4.78, 5) is 29.4. The minimum Gasteiger partial charge on any atom is -0.383 e. The standard InChI is InChI=1S/C16H28N2O3/c1-10(2)13(9-21-5)18-14(11(3)4)16(20)17-8-6-7-12(17)15(18)19/h10-14H,6-9H2,1-5H3. The third-order valence-electron chi connectivity index (χ3n) is 4.72. The first-order valence-corrected chi connectivity index (χ1v) is 8.01. The first kappa shape index (κ1) is 16.3. The third kappa shape index (κ3) is 2.80. The number of hydrogen-bond acceptors (Lipinski definition) is 3. The number of hydrogen-bond donors (Lipinski definition) is 0. The normalized spacial score (nSPS) is 27.8. The van der Waals surface area contributed by atoms with E-state index >= 15 is 0 Å². The lowest BCUT2D eigenvalue weighted by atomic mass is 9.91. The molecule has 120 valence electrons. The number of nitrogens with zero attached hydrogens (tertiary/aromatic N) is 2. The van der Waals surface area contributed by atoms with E-state index in [0.717, 1.165) is 19.4 Å². The summed E-state index contributed by atoms with van der Waals surface area (Å²) in [6, 6.07) is -0.637. The van der Waals surface area contributed by atoms with Crippen molar-refractivity contribution >= 4 is 11.8 Å². The highest BCUT2D eigenvalue weighted by molar-refractivity contribution is 5.97. The van der Waals surface area contributed by atoms with Gasteiger partial charge in [0.2, 0.25) is 11.8 Å². The maximum Gasteiger partial charge on any atom is 0.246 e. The van der Waals surface area contributed by atoms with Crippen molar-refractivity contribution in [2.24, 2.45) is 11.8 Å². The highest BCUT2D eigenvalue weighted by atomic mass is 16.5. The molecule has 0 aromatic rings. The highest BCUT2D eigenvalue weighted by Crippen LogP contribution is 2.32. The molecule has 3 atom stereocenters. The van der Waals surface area contributed by atoms with Gasteiger partial charge in [-0.2, -0.15) is 0 Å². The molecule has 0 aromatic heterocycles. The monoisotopic (exact) mass is 296 g/mol. The Morgan fingerprint density at radius 2 is 1.86 bits per heavy atom. The summed E-state index contributed by atoms with van der Waals surface area (Å²) >= 11 is 0. The molecule has 2 saturated heterocycles. The summed E-state index contributed by atoms with van der Waals surface area (Å²) in [5.41, 5.74) is 0.